The van der Waals surface area contributed by atoms with E-state index in [1.54, 1.807) is 20.4 Å². The highest BCUT2D eigenvalue weighted by atomic mass is 16.5. The van der Waals surface area contributed by atoms with Gasteiger partial charge in [-0.1, -0.05) is 0 Å². The van der Waals surface area contributed by atoms with E-state index >= 15 is 0 Å². The Morgan fingerprint density at radius 1 is 0.815 bits per heavy atom. The summed E-state index contributed by atoms with van der Waals surface area (Å²) < 4.78 is 22.2. The molecule has 6 nitrogen and oxygen atoms in total. The fraction of sp³-hybridized carbons (Fsp3) is 0.286. The molecule has 0 aliphatic carbocycles. The monoisotopic (exact) mass is 368 g/mol. The van der Waals surface area contributed by atoms with E-state index in [2.05, 4.69) is 10.3 Å². The third kappa shape index (κ3) is 4.00. The van der Waals surface area contributed by atoms with Crippen LogP contribution in [0.2, 0.25) is 0 Å². The first-order valence-corrected chi connectivity index (χ1v) is 8.87. The normalized spacial score (nSPS) is 10.5. The first-order chi connectivity index (χ1) is 13.2. The molecule has 142 valence electrons. The fourth-order valence-corrected chi connectivity index (χ4v) is 2.85. The van der Waals surface area contributed by atoms with Gasteiger partial charge in [-0.25, -0.2) is 0 Å². The summed E-state index contributed by atoms with van der Waals surface area (Å²) in [6, 6.07) is 11.4. The first kappa shape index (κ1) is 18.6. The molecule has 0 aliphatic heterocycles. The van der Waals surface area contributed by atoms with E-state index in [0.29, 0.717) is 30.5 Å². The third-order valence-electron chi connectivity index (χ3n) is 4.08. The number of nitrogens with zero attached hydrogens (tertiary/aromatic N) is 1. The molecule has 0 aliphatic rings. The van der Waals surface area contributed by atoms with E-state index in [4.69, 9.17) is 18.9 Å². The molecule has 2 aromatic carbocycles. The molecule has 0 unspecified atom stereocenters. The molecule has 0 radical (unpaired) electrons. The van der Waals surface area contributed by atoms with Gasteiger partial charge in [0.15, 0.2) is 11.5 Å². The summed E-state index contributed by atoms with van der Waals surface area (Å²) in [5.74, 6) is 2.82. The highest BCUT2D eigenvalue weighted by Crippen LogP contribution is 2.37. The first-order valence-electron chi connectivity index (χ1n) is 8.87. The van der Waals surface area contributed by atoms with Crippen LogP contribution < -0.4 is 24.3 Å². The number of rotatable bonds is 8. The van der Waals surface area contributed by atoms with E-state index in [1.165, 1.54) is 0 Å². The van der Waals surface area contributed by atoms with Crippen molar-refractivity contribution >= 4 is 22.3 Å². The quantitative estimate of drug-likeness (QED) is 0.617. The molecular weight excluding hydrogens is 344 g/mol. The van der Waals surface area contributed by atoms with Gasteiger partial charge in [0.2, 0.25) is 0 Å². The standard InChI is InChI=1S/C21H24N2O4/c1-5-26-20-12-15-16(9-10-22-18(15)13-21(20)27-6-2)23-17-8-7-14(24-3)11-19(17)25-4/h7-13H,5-6H2,1-4H3,(H,22,23). The van der Waals surface area contributed by atoms with Crippen LogP contribution in [0.3, 0.4) is 0 Å². The topological polar surface area (TPSA) is 61.8 Å². The second kappa shape index (κ2) is 8.49. The van der Waals surface area contributed by atoms with Crippen molar-refractivity contribution in [2.24, 2.45) is 0 Å². The van der Waals surface area contributed by atoms with Gasteiger partial charge in [0.25, 0.3) is 0 Å². The number of anilines is 2. The van der Waals surface area contributed by atoms with Crippen molar-refractivity contribution in [3.8, 4) is 23.0 Å². The van der Waals surface area contributed by atoms with E-state index in [0.717, 1.165) is 28.0 Å². The Bertz CT molecular complexity index is 927. The summed E-state index contributed by atoms with van der Waals surface area (Å²) in [5.41, 5.74) is 2.55. The molecule has 3 aromatic rings. The molecule has 1 heterocycles. The number of methoxy groups -OCH3 is 2. The zero-order valence-electron chi connectivity index (χ0n) is 16.0. The number of aromatic nitrogens is 1. The van der Waals surface area contributed by atoms with Gasteiger partial charge in [-0.15, -0.1) is 0 Å². The Morgan fingerprint density at radius 2 is 1.56 bits per heavy atom. The summed E-state index contributed by atoms with van der Waals surface area (Å²) >= 11 is 0. The zero-order valence-corrected chi connectivity index (χ0v) is 16.0. The number of ether oxygens (including phenoxy) is 4. The van der Waals surface area contributed by atoms with Crippen molar-refractivity contribution in [3.05, 3.63) is 42.6 Å². The molecule has 3 rings (SSSR count). The summed E-state index contributed by atoms with van der Waals surface area (Å²) in [7, 11) is 3.26. The van der Waals surface area contributed by atoms with Gasteiger partial charge >= 0.3 is 0 Å². The number of hydrogen-bond donors (Lipinski definition) is 1. The van der Waals surface area contributed by atoms with E-state index in [9.17, 15) is 0 Å². The van der Waals surface area contributed by atoms with Crippen LogP contribution in [0.5, 0.6) is 23.0 Å². The highest BCUT2D eigenvalue weighted by molar-refractivity contribution is 5.95. The maximum absolute atomic E-state index is 5.76. The number of nitrogens with one attached hydrogen (secondary N) is 1. The van der Waals surface area contributed by atoms with Crippen LogP contribution in [0.25, 0.3) is 10.9 Å². The Hall–Kier alpha value is -3.15. The van der Waals surface area contributed by atoms with Crippen molar-refractivity contribution in [2.45, 2.75) is 13.8 Å². The molecule has 0 bridgehead atoms. The lowest BCUT2D eigenvalue weighted by Crippen LogP contribution is -2.00. The average molecular weight is 368 g/mol. The molecule has 1 N–H and O–H groups in total. The lowest BCUT2D eigenvalue weighted by molar-refractivity contribution is 0.288. The van der Waals surface area contributed by atoms with Crippen LogP contribution in [0, 0.1) is 0 Å². The SMILES string of the molecule is CCOc1cc2nccc(Nc3ccc(OC)cc3OC)c2cc1OCC. The van der Waals surface area contributed by atoms with Crippen LogP contribution in [-0.4, -0.2) is 32.4 Å². The summed E-state index contributed by atoms with van der Waals surface area (Å²) in [6.07, 6.45) is 1.76. The lowest BCUT2D eigenvalue weighted by Gasteiger charge is -2.16. The van der Waals surface area contributed by atoms with E-state index in [-0.39, 0.29) is 0 Å². The van der Waals surface area contributed by atoms with Crippen LogP contribution in [-0.2, 0) is 0 Å². The van der Waals surface area contributed by atoms with Crippen LogP contribution in [0.4, 0.5) is 11.4 Å². The number of fused-ring (bicyclic) bond motifs is 1. The van der Waals surface area contributed by atoms with Crippen molar-refractivity contribution in [1.29, 1.82) is 0 Å². The van der Waals surface area contributed by atoms with Crippen molar-refractivity contribution in [1.82, 2.24) is 4.98 Å². The second-order valence-corrected chi connectivity index (χ2v) is 5.73. The van der Waals surface area contributed by atoms with Gasteiger partial charge in [0, 0.05) is 29.4 Å². The molecule has 6 heteroatoms. The molecule has 0 saturated carbocycles. The Morgan fingerprint density at radius 3 is 2.22 bits per heavy atom. The molecule has 0 fully saturated rings. The lowest BCUT2D eigenvalue weighted by atomic mass is 10.1. The van der Waals surface area contributed by atoms with Gasteiger partial charge < -0.3 is 24.3 Å². The third-order valence-corrected chi connectivity index (χ3v) is 4.08. The molecule has 0 spiro atoms. The van der Waals surface area contributed by atoms with Gasteiger partial charge in [0.05, 0.1) is 38.6 Å². The fourth-order valence-electron chi connectivity index (χ4n) is 2.85. The van der Waals surface area contributed by atoms with E-state index < -0.39 is 0 Å². The molecule has 0 atom stereocenters. The Balaban J connectivity index is 2.05. The van der Waals surface area contributed by atoms with Gasteiger partial charge in [-0.05, 0) is 38.1 Å². The number of benzene rings is 2. The minimum Gasteiger partial charge on any atom is -0.497 e. The maximum Gasteiger partial charge on any atom is 0.163 e. The predicted molar refractivity (Wildman–Crippen MR) is 107 cm³/mol. The largest absolute Gasteiger partial charge is 0.497 e. The summed E-state index contributed by atoms with van der Waals surface area (Å²) in [4.78, 5) is 4.47. The zero-order chi connectivity index (χ0) is 19.2. The smallest absolute Gasteiger partial charge is 0.163 e. The Kier molecular flexibility index (Phi) is 5.86. The molecule has 1 aromatic heterocycles. The minimum absolute atomic E-state index is 0.556. The predicted octanol–water partition coefficient (Wildman–Crippen LogP) is 4.79. The number of pyridine rings is 1. The van der Waals surface area contributed by atoms with Gasteiger partial charge in [-0.2, -0.15) is 0 Å². The number of hydrogen-bond acceptors (Lipinski definition) is 6. The van der Waals surface area contributed by atoms with Crippen molar-refractivity contribution < 1.29 is 18.9 Å². The minimum atomic E-state index is 0.556. The molecule has 27 heavy (non-hydrogen) atoms. The van der Waals surface area contributed by atoms with E-state index in [1.807, 2.05) is 50.2 Å². The van der Waals surface area contributed by atoms with Gasteiger partial charge in [-0.3, -0.25) is 4.98 Å². The maximum atomic E-state index is 5.76. The molecule has 0 amide bonds. The second-order valence-electron chi connectivity index (χ2n) is 5.73. The van der Waals surface area contributed by atoms with Crippen molar-refractivity contribution in [2.75, 3.05) is 32.8 Å². The molecule has 0 saturated heterocycles. The van der Waals surface area contributed by atoms with Crippen LogP contribution in [0.15, 0.2) is 42.6 Å². The average Bonchev–Trinajstić information content (AvgIpc) is 2.69. The van der Waals surface area contributed by atoms with Crippen LogP contribution in [0.1, 0.15) is 13.8 Å². The summed E-state index contributed by atoms with van der Waals surface area (Å²) in [5, 5.41) is 4.35. The van der Waals surface area contributed by atoms with Gasteiger partial charge in [0.1, 0.15) is 11.5 Å². The van der Waals surface area contributed by atoms with Crippen molar-refractivity contribution in [3.63, 3.8) is 0 Å². The highest BCUT2D eigenvalue weighted by Gasteiger charge is 2.12. The Labute approximate surface area is 159 Å². The van der Waals surface area contributed by atoms with Crippen LogP contribution >= 0.6 is 0 Å². The molecular formula is C21H24N2O4. The summed E-state index contributed by atoms with van der Waals surface area (Å²) in [6.45, 7) is 5.01.